The zero-order valence-corrected chi connectivity index (χ0v) is 9.39. The average molecular weight is 196 g/mol. The van der Waals surface area contributed by atoms with Gasteiger partial charge in [-0.15, -0.1) is 0 Å². The van der Waals surface area contributed by atoms with Crippen molar-refractivity contribution >= 4 is 0 Å². The third-order valence-corrected chi connectivity index (χ3v) is 4.28. The molecule has 3 N–H and O–H groups in total. The van der Waals surface area contributed by atoms with E-state index >= 15 is 0 Å². The summed E-state index contributed by atoms with van der Waals surface area (Å²) in [5.74, 6) is 0.964. The maximum absolute atomic E-state index is 5.90. The molecule has 0 aromatic heterocycles. The van der Waals surface area contributed by atoms with Crippen LogP contribution in [0.15, 0.2) is 0 Å². The summed E-state index contributed by atoms with van der Waals surface area (Å²) in [6.45, 7) is 4.34. The first-order chi connectivity index (χ1) is 6.79. The topological polar surface area (TPSA) is 38.0 Å². The summed E-state index contributed by atoms with van der Waals surface area (Å²) < 4.78 is 0. The fourth-order valence-electron chi connectivity index (χ4n) is 2.87. The van der Waals surface area contributed by atoms with Crippen molar-refractivity contribution in [2.45, 2.75) is 51.5 Å². The number of nitrogens with two attached hydrogens (primary N) is 1. The Morgan fingerprint density at radius 1 is 1.36 bits per heavy atom. The van der Waals surface area contributed by atoms with E-state index in [2.05, 4.69) is 12.2 Å². The van der Waals surface area contributed by atoms with Crippen LogP contribution in [0.1, 0.15) is 45.4 Å². The minimum atomic E-state index is 0.459. The Hall–Kier alpha value is -0.0800. The minimum Gasteiger partial charge on any atom is -0.330 e. The summed E-state index contributed by atoms with van der Waals surface area (Å²) in [6.07, 6.45) is 8.21. The summed E-state index contributed by atoms with van der Waals surface area (Å²) in [4.78, 5) is 0. The SMILES string of the molecule is CCC1CC1NCC1(CN)CCCC1. The van der Waals surface area contributed by atoms with Gasteiger partial charge in [0.15, 0.2) is 0 Å². The predicted octanol–water partition coefficient (Wildman–Crippen LogP) is 1.89. The van der Waals surface area contributed by atoms with Gasteiger partial charge in [0, 0.05) is 12.6 Å². The standard InChI is InChI=1S/C12H24N2/c1-2-10-7-11(10)14-9-12(8-13)5-3-4-6-12/h10-11,14H,2-9,13H2,1H3. The van der Waals surface area contributed by atoms with Crippen LogP contribution < -0.4 is 11.1 Å². The third-order valence-electron chi connectivity index (χ3n) is 4.28. The van der Waals surface area contributed by atoms with Gasteiger partial charge in [0.25, 0.3) is 0 Å². The Balaban J connectivity index is 1.73. The van der Waals surface area contributed by atoms with Gasteiger partial charge in [-0.2, -0.15) is 0 Å². The van der Waals surface area contributed by atoms with E-state index in [-0.39, 0.29) is 0 Å². The van der Waals surface area contributed by atoms with E-state index in [0.717, 1.165) is 18.5 Å². The van der Waals surface area contributed by atoms with Gasteiger partial charge < -0.3 is 11.1 Å². The highest BCUT2D eigenvalue weighted by Crippen LogP contribution is 2.39. The molecule has 2 aliphatic carbocycles. The van der Waals surface area contributed by atoms with Crippen molar-refractivity contribution in [2.24, 2.45) is 17.1 Å². The smallest absolute Gasteiger partial charge is 0.00992 e. The molecule has 82 valence electrons. The average Bonchev–Trinajstić information content (AvgIpc) is 2.84. The van der Waals surface area contributed by atoms with Crippen molar-refractivity contribution in [2.75, 3.05) is 13.1 Å². The van der Waals surface area contributed by atoms with E-state index in [1.807, 2.05) is 0 Å². The molecule has 0 bridgehead atoms. The van der Waals surface area contributed by atoms with Crippen molar-refractivity contribution < 1.29 is 0 Å². The molecule has 0 saturated heterocycles. The molecule has 14 heavy (non-hydrogen) atoms. The molecule has 2 aliphatic rings. The lowest BCUT2D eigenvalue weighted by Crippen LogP contribution is -2.39. The van der Waals surface area contributed by atoms with Crippen molar-refractivity contribution in [1.29, 1.82) is 0 Å². The molecule has 2 saturated carbocycles. The van der Waals surface area contributed by atoms with Crippen LogP contribution >= 0.6 is 0 Å². The zero-order valence-electron chi connectivity index (χ0n) is 9.39. The van der Waals surface area contributed by atoms with Crippen molar-refractivity contribution in [1.82, 2.24) is 5.32 Å². The molecule has 2 heteroatoms. The van der Waals surface area contributed by atoms with E-state index in [0.29, 0.717) is 5.41 Å². The van der Waals surface area contributed by atoms with Gasteiger partial charge in [0.05, 0.1) is 0 Å². The molecule has 0 spiro atoms. The Bertz CT molecular complexity index is 185. The second-order valence-corrected chi connectivity index (χ2v) is 5.30. The lowest BCUT2D eigenvalue weighted by atomic mass is 9.86. The summed E-state index contributed by atoms with van der Waals surface area (Å²) >= 11 is 0. The summed E-state index contributed by atoms with van der Waals surface area (Å²) in [5, 5.41) is 3.71. The highest BCUT2D eigenvalue weighted by molar-refractivity contribution is 4.95. The van der Waals surface area contributed by atoms with E-state index in [4.69, 9.17) is 5.73 Å². The van der Waals surface area contributed by atoms with Crippen LogP contribution in [0, 0.1) is 11.3 Å². The number of hydrogen-bond donors (Lipinski definition) is 2. The maximum atomic E-state index is 5.90. The van der Waals surface area contributed by atoms with Crippen LogP contribution in [0.2, 0.25) is 0 Å². The van der Waals surface area contributed by atoms with Gasteiger partial charge in [0.2, 0.25) is 0 Å². The lowest BCUT2D eigenvalue weighted by molar-refractivity contribution is 0.287. The quantitative estimate of drug-likeness (QED) is 0.705. The van der Waals surface area contributed by atoms with Crippen LogP contribution in [0.25, 0.3) is 0 Å². The molecule has 2 unspecified atom stereocenters. The van der Waals surface area contributed by atoms with E-state index in [9.17, 15) is 0 Å². The molecule has 2 atom stereocenters. The van der Waals surface area contributed by atoms with Gasteiger partial charge in [-0.05, 0) is 37.1 Å². The van der Waals surface area contributed by atoms with Gasteiger partial charge in [-0.3, -0.25) is 0 Å². The monoisotopic (exact) mass is 196 g/mol. The Morgan fingerprint density at radius 3 is 2.57 bits per heavy atom. The van der Waals surface area contributed by atoms with Crippen molar-refractivity contribution in [3.8, 4) is 0 Å². The largest absolute Gasteiger partial charge is 0.330 e. The predicted molar refractivity (Wildman–Crippen MR) is 60.1 cm³/mol. The summed E-state index contributed by atoms with van der Waals surface area (Å²) in [7, 11) is 0. The van der Waals surface area contributed by atoms with E-state index < -0.39 is 0 Å². The molecule has 0 radical (unpaired) electrons. The molecule has 2 rings (SSSR count). The fourth-order valence-corrected chi connectivity index (χ4v) is 2.87. The molecule has 2 nitrogen and oxygen atoms in total. The normalized spacial score (nSPS) is 34.7. The molecule has 0 amide bonds. The molecule has 0 aliphatic heterocycles. The van der Waals surface area contributed by atoms with Gasteiger partial charge >= 0.3 is 0 Å². The first-order valence-corrected chi connectivity index (χ1v) is 6.23. The van der Waals surface area contributed by atoms with Crippen LogP contribution in [-0.2, 0) is 0 Å². The molecular weight excluding hydrogens is 172 g/mol. The number of hydrogen-bond acceptors (Lipinski definition) is 2. The second-order valence-electron chi connectivity index (χ2n) is 5.30. The fraction of sp³-hybridized carbons (Fsp3) is 1.00. The molecule has 2 fully saturated rings. The molecule has 0 heterocycles. The van der Waals surface area contributed by atoms with Gasteiger partial charge in [-0.25, -0.2) is 0 Å². The van der Waals surface area contributed by atoms with Gasteiger partial charge in [-0.1, -0.05) is 26.2 Å². The molecule has 0 aromatic carbocycles. The van der Waals surface area contributed by atoms with Gasteiger partial charge in [0.1, 0.15) is 0 Å². The first-order valence-electron chi connectivity index (χ1n) is 6.23. The van der Waals surface area contributed by atoms with Crippen molar-refractivity contribution in [3.05, 3.63) is 0 Å². The summed E-state index contributed by atoms with van der Waals surface area (Å²) in [6, 6.07) is 0.823. The van der Waals surface area contributed by atoms with Crippen LogP contribution in [-0.4, -0.2) is 19.1 Å². The van der Waals surface area contributed by atoms with E-state index in [1.54, 1.807) is 0 Å². The van der Waals surface area contributed by atoms with Crippen LogP contribution in [0.5, 0.6) is 0 Å². The first kappa shape index (κ1) is 10.4. The lowest BCUT2D eigenvalue weighted by Gasteiger charge is -2.27. The Morgan fingerprint density at radius 2 is 2.07 bits per heavy atom. The maximum Gasteiger partial charge on any atom is 0.00992 e. The highest BCUT2D eigenvalue weighted by Gasteiger charge is 2.38. The molecular formula is C12H24N2. The van der Waals surface area contributed by atoms with E-state index in [1.165, 1.54) is 45.1 Å². The molecule has 0 aromatic rings. The highest BCUT2D eigenvalue weighted by atomic mass is 15.0. The number of nitrogens with one attached hydrogen (secondary N) is 1. The Labute approximate surface area is 87.6 Å². The summed E-state index contributed by atoms with van der Waals surface area (Å²) in [5.41, 5.74) is 6.36. The van der Waals surface area contributed by atoms with Crippen molar-refractivity contribution in [3.63, 3.8) is 0 Å². The van der Waals surface area contributed by atoms with Crippen LogP contribution in [0.3, 0.4) is 0 Å². The van der Waals surface area contributed by atoms with Crippen LogP contribution in [0.4, 0.5) is 0 Å². The number of rotatable bonds is 5. The zero-order chi connectivity index (χ0) is 10.0. The Kier molecular flexibility index (Phi) is 3.13. The third kappa shape index (κ3) is 2.12. The second kappa shape index (κ2) is 4.19. The minimum absolute atomic E-state index is 0.459.